The van der Waals surface area contributed by atoms with E-state index >= 15 is 0 Å². The lowest BCUT2D eigenvalue weighted by molar-refractivity contribution is -0.149. The van der Waals surface area contributed by atoms with Crippen LogP contribution in [0.25, 0.3) is 0 Å². The first kappa shape index (κ1) is 29.0. The van der Waals surface area contributed by atoms with Crippen molar-refractivity contribution in [2.45, 2.75) is 65.3 Å². The number of alkyl halides is 1. The van der Waals surface area contributed by atoms with E-state index in [4.69, 9.17) is 9.15 Å². The maximum absolute atomic E-state index is 14.6. The Labute approximate surface area is 222 Å². The zero-order chi connectivity index (χ0) is 27.8. The number of nitrogens with zero attached hydrogens (tertiary/aromatic N) is 2. The van der Waals surface area contributed by atoms with Crippen molar-refractivity contribution in [1.29, 1.82) is 0 Å². The minimum absolute atomic E-state index is 0.0237. The third-order valence-corrected chi connectivity index (χ3v) is 6.30. The lowest BCUT2D eigenvalue weighted by Crippen LogP contribution is -2.36. The number of nitrogens with one attached hydrogen (secondary N) is 1. The van der Waals surface area contributed by atoms with E-state index in [1.54, 1.807) is 31.2 Å². The van der Waals surface area contributed by atoms with Gasteiger partial charge in [-0.15, -0.1) is 0 Å². The number of amides is 2. The van der Waals surface area contributed by atoms with Crippen LogP contribution >= 0.6 is 0 Å². The molecule has 0 spiro atoms. The van der Waals surface area contributed by atoms with Crippen molar-refractivity contribution in [3.05, 3.63) is 65.6 Å². The summed E-state index contributed by atoms with van der Waals surface area (Å²) in [7, 11) is 0. The van der Waals surface area contributed by atoms with E-state index < -0.39 is 30.3 Å². The molecule has 9 nitrogen and oxygen atoms in total. The molecule has 4 atom stereocenters. The molecule has 38 heavy (non-hydrogen) atoms. The summed E-state index contributed by atoms with van der Waals surface area (Å²) >= 11 is 0. The summed E-state index contributed by atoms with van der Waals surface area (Å²) < 4.78 is 25.7. The van der Waals surface area contributed by atoms with Crippen molar-refractivity contribution in [2.75, 3.05) is 13.1 Å². The van der Waals surface area contributed by atoms with Crippen LogP contribution < -0.4 is 5.32 Å². The van der Waals surface area contributed by atoms with Crippen LogP contribution in [0.1, 0.15) is 56.9 Å². The highest BCUT2D eigenvalue weighted by Gasteiger charge is 2.33. The average Bonchev–Trinajstić information content (AvgIpc) is 3.52. The van der Waals surface area contributed by atoms with Crippen molar-refractivity contribution < 1.29 is 33.0 Å². The van der Waals surface area contributed by atoms with Gasteiger partial charge in [-0.1, -0.05) is 56.7 Å². The number of cyclic esters (lactones) is 1. The lowest BCUT2D eigenvalue weighted by Gasteiger charge is -2.27. The predicted molar refractivity (Wildman–Crippen MR) is 138 cm³/mol. The average molecular weight is 530 g/mol. The van der Waals surface area contributed by atoms with Gasteiger partial charge in [0, 0.05) is 25.4 Å². The smallest absolute Gasteiger partial charge is 0.355 e. The Hall–Kier alpha value is -3.53. The monoisotopic (exact) mass is 529 g/mol. The molecular weight excluding hydrogens is 493 g/mol. The topological polar surface area (TPSA) is 122 Å². The summed E-state index contributed by atoms with van der Waals surface area (Å²) in [5, 5.41) is 13.0. The number of allylic oxidation sites excluding steroid dienone is 2. The molecule has 2 amide bonds. The van der Waals surface area contributed by atoms with E-state index in [1.165, 1.54) is 17.1 Å². The Morgan fingerprint density at radius 3 is 2.74 bits per heavy atom. The van der Waals surface area contributed by atoms with E-state index in [9.17, 15) is 23.9 Å². The number of ether oxygens (including phenoxy) is 1. The van der Waals surface area contributed by atoms with Crippen LogP contribution in [-0.4, -0.2) is 64.2 Å². The van der Waals surface area contributed by atoms with Crippen molar-refractivity contribution in [3.8, 4) is 0 Å². The third-order valence-electron chi connectivity index (χ3n) is 6.30. The largest absolute Gasteiger partial charge is 0.457 e. The first-order valence-corrected chi connectivity index (χ1v) is 12.9. The molecule has 1 aromatic heterocycles. The van der Waals surface area contributed by atoms with Crippen molar-refractivity contribution in [1.82, 2.24) is 15.2 Å². The van der Waals surface area contributed by atoms with E-state index in [2.05, 4.69) is 10.3 Å². The fourth-order valence-electron chi connectivity index (χ4n) is 4.41. The molecule has 206 valence electrons. The van der Waals surface area contributed by atoms with Crippen LogP contribution in [0.3, 0.4) is 0 Å². The summed E-state index contributed by atoms with van der Waals surface area (Å²) in [6.07, 6.45) is 7.87. The Kier molecular flexibility index (Phi) is 10.2. The molecule has 3 heterocycles. The highest BCUT2D eigenvalue weighted by molar-refractivity contribution is 6.00. The van der Waals surface area contributed by atoms with Gasteiger partial charge in [-0.05, 0) is 25.3 Å². The Morgan fingerprint density at radius 2 is 2.00 bits per heavy atom. The van der Waals surface area contributed by atoms with Gasteiger partial charge in [0.15, 0.2) is 11.6 Å². The van der Waals surface area contributed by atoms with E-state index in [1.807, 2.05) is 20.8 Å². The molecule has 2 aliphatic heterocycles. The number of aromatic nitrogens is 1. The summed E-state index contributed by atoms with van der Waals surface area (Å²) in [5.74, 6) is -1.81. The molecule has 0 radical (unpaired) electrons. The van der Waals surface area contributed by atoms with Gasteiger partial charge in [-0.3, -0.25) is 9.59 Å². The van der Waals surface area contributed by atoms with Crippen LogP contribution in [-0.2, 0) is 20.7 Å². The molecule has 0 aromatic carbocycles. The molecule has 10 heteroatoms. The molecule has 0 aliphatic carbocycles. The number of esters is 1. The molecule has 2 aliphatic rings. The summed E-state index contributed by atoms with van der Waals surface area (Å²) in [4.78, 5) is 43.9. The maximum Gasteiger partial charge on any atom is 0.355 e. The number of hydrogen-bond acceptors (Lipinski definition) is 7. The van der Waals surface area contributed by atoms with Crippen LogP contribution in [0.5, 0.6) is 0 Å². The van der Waals surface area contributed by atoms with Gasteiger partial charge in [-0.2, -0.15) is 0 Å². The molecule has 0 unspecified atom stereocenters. The zero-order valence-corrected chi connectivity index (χ0v) is 22.2. The molecular formula is C28H36FN3O6. The highest BCUT2D eigenvalue weighted by atomic mass is 19.1. The SMILES string of the molecule is CC1=C\[C@@H](O)C[C@H](F)Cc2nc(co2)C(=O)N2CCC=C2C(=O)O[C@@H](C(C)C)[C@@H](C)/C=C/C(=O)NC\C=C\1. The fourth-order valence-corrected chi connectivity index (χ4v) is 4.41. The molecule has 0 saturated carbocycles. The van der Waals surface area contributed by atoms with Crippen molar-refractivity contribution in [3.63, 3.8) is 0 Å². The van der Waals surface area contributed by atoms with E-state index in [0.717, 1.165) is 6.26 Å². The number of aliphatic hydroxyl groups excluding tert-OH is 1. The van der Waals surface area contributed by atoms with E-state index in [0.29, 0.717) is 12.0 Å². The van der Waals surface area contributed by atoms with Gasteiger partial charge in [0.2, 0.25) is 5.91 Å². The third kappa shape index (κ3) is 7.98. The number of carbonyl (C=O) groups excluding carboxylic acids is 3. The first-order valence-electron chi connectivity index (χ1n) is 12.9. The Morgan fingerprint density at radius 1 is 1.24 bits per heavy atom. The standard InChI is InChI=1S/C28H36FN3O6/c1-17(2)26-19(4)9-10-24(34)30-11-5-7-18(3)13-21(33)14-20(29)15-25-31-22(16-37-25)27(35)32-12-6-8-23(32)28(36)38-26/h5,7-10,13,16-17,19-21,26,33H,6,11-12,14-15H2,1-4H3,(H,30,34)/b7-5+,10-9+,18-13+/t19-,20-,21+,26-/m0/s1. The summed E-state index contributed by atoms with van der Waals surface area (Å²) in [6, 6.07) is 0. The predicted octanol–water partition coefficient (Wildman–Crippen LogP) is 3.43. The number of aliphatic hydroxyl groups is 1. The van der Waals surface area contributed by atoms with Gasteiger partial charge in [-0.25, -0.2) is 14.2 Å². The fraction of sp³-hybridized carbons (Fsp3) is 0.500. The molecule has 3 rings (SSSR count). The van der Waals surface area contributed by atoms with Gasteiger partial charge >= 0.3 is 5.97 Å². The summed E-state index contributed by atoms with van der Waals surface area (Å²) in [6.45, 7) is 7.96. The number of hydrogen-bond donors (Lipinski definition) is 2. The first-order chi connectivity index (χ1) is 18.0. The Balaban J connectivity index is 1.86. The number of halogens is 1. The molecule has 2 bridgehead atoms. The Bertz CT molecular complexity index is 1140. The normalized spacial score (nSPS) is 29.6. The minimum Gasteiger partial charge on any atom is -0.457 e. The van der Waals surface area contributed by atoms with Crippen molar-refractivity contribution in [2.24, 2.45) is 11.8 Å². The number of carbonyl (C=O) groups is 3. The van der Waals surface area contributed by atoms with Crippen LogP contribution in [0, 0.1) is 11.8 Å². The zero-order valence-electron chi connectivity index (χ0n) is 22.2. The lowest BCUT2D eigenvalue weighted by atomic mass is 9.94. The van der Waals surface area contributed by atoms with E-state index in [-0.39, 0.29) is 61.0 Å². The number of oxazole rings is 1. The molecule has 0 fully saturated rings. The minimum atomic E-state index is -1.46. The van der Waals surface area contributed by atoms with Gasteiger partial charge < -0.3 is 24.5 Å². The van der Waals surface area contributed by atoms with Crippen molar-refractivity contribution >= 4 is 17.8 Å². The maximum atomic E-state index is 14.6. The van der Waals surface area contributed by atoms with Crippen LogP contribution in [0.15, 0.2) is 58.4 Å². The second-order valence-electron chi connectivity index (χ2n) is 9.96. The highest BCUT2D eigenvalue weighted by Crippen LogP contribution is 2.25. The van der Waals surface area contributed by atoms with Crippen LogP contribution in [0.2, 0.25) is 0 Å². The summed E-state index contributed by atoms with van der Waals surface area (Å²) in [5.41, 5.74) is 0.773. The molecule has 1 aromatic rings. The van der Waals surface area contributed by atoms with Gasteiger partial charge in [0.25, 0.3) is 5.91 Å². The number of rotatable bonds is 1. The van der Waals surface area contributed by atoms with Gasteiger partial charge in [0.1, 0.15) is 24.2 Å². The molecule has 2 N–H and O–H groups in total. The second kappa shape index (κ2) is 13.3. The molecule has 0 saturated heterocycles. The second-order valence-corrected chi connectivity index (χ2v) is 9.96. The quantitative estimate of drug-likeness (QED) is 0.535. The van der Waals surface area contributed by atoms with Gasteiger partial charge in [0.05, 0.1) is 12.5 Å². The number of fused-ring (bicyclic) bond motifs is 3. The van der Waals surface area contributed by atoms with Crippen LogP contribution in [0.4, 0.5) is 4.39 Å².